The minimum Gasteiger partial charge on any atom is -0.463 e. The van der Waals surface area contributed by atoms with Crippen molar-refractivity contribution in [3.63, 3.8) is 0 Å². The molecule has 0 bridgehead atoms. The van der Waals surface area contributed by atoms with Crippen LogP contribution in [0.2, 0.25) is 0 Å². The summed E-state index contributed by atoms with van der Waals surface area (Å²) >= 11 is 0. The molecule has 0 radical (unpaired) electrons. The van der Waals surface area contributed by atoms with Crippen LogP contribution in [0.4, 0.5) is 0 Å². The number of carbonyl (C=O) groups is 3. The third-order valence-corrected chi connectivity index (χ3v) is 3.46. The number of ether oxygens (including phenoxy) is 4. The minimum absolute atomic E-state index is 0.251. The lowest BCUT2D eigenvalue weighted by molar-refractivity contribution is -0.166. The molecule has 2 heterocycles. The lowest BCUT2D eigenvalue weighted by atomic mass is 10.1. The van der Waals surface area contributed by atoms with Crippen molar-refractivity contribution in [1.29, 1.82) is 0 Å². The standard InChI is InChI=1S/C15H19N3O8/c1-7-16-6-18(15(22)17-7)14-13(25-10(4)21)12(24-9(3)20)11(26-14)5-23-8(2)19/h6,11-14H,5H2,1-4H3. The summed E-state index contributed by atoms with van der Waals surface area (Å²) in [5.74, 6) is -1.65. The van der Waals surface area contributed by atoms with Crippen LogP contribution in [0.1, 0.15) is 32.8 Å². The third-order valence-electron chi connectivity index (χ3n) is 3.46. The van der Waals surface area contributed by atoms with Crippen LogP contribution in [0.5, 0.6) is 0 Å². The second-order valence-electron chi connectivity index (χ2n) is 5.61. The van der Waals surface area contributed by atoms with Gasteiger partial charge in [-0.1, -0.05) is 0 Å². The summed E-state index contributed by atoms with van der Waals surface area (Å²) in [7, 11) is 0. The molecule has 1 fully saturated rings. The number of aryl methyl sites for hydroxylation is 1. The average molecular weight is 369 g/mol. The van der Waals surface area contributed by atoms with Crippen LogP contribution in [0.3, 0.4) is 0 Å². The van der Waals surface area contributed by atoms with Gasteiger partial charge in [0.2, 0.25) is 0 Å². The van der Waals surface area contributed by atoms with Gasteiger partial charge in [0.1, 0.15) is 24.9 Å². The molecule has 0 saturated carbocycles. The molecular formula is C15H19N3O8. The summed E-state index contributed by atoms with van der Waals surface area (Å²) in [5.41, 5.74) is -0.686. The van der Waals surface area contributed by atoms with Crippen molar-refractivity contribution in [3.05, 3.63) is 22.6 Å². The number of nitrogens with zero attached hydrogens (tertiary/aromatic N) is 3. The smallest absolute Gasteiger partial charge is 0.352 e. The van der Waals surface area contributed by atoms with Gasteiger partial charge in [-0.3, -0.25) is 19.0 Å². The highest BCUT2D eigenvalue weighted by Crippen LogP contribution is 2.33. The van der Waals surface area contributed by atoms with Crippen molar-refractivity contribution in [2.75, 3.05) is 6.61 Å². The summed E-state index contributed by atoms with van der Waals surface area (Å²) in [6, 6.07) is 0. The van der Waals surface area contributed by atoms with E-state index >= 15 is 0 Å². The number of rotatable bonds is 5. The van der Waals surface area contributed by atoms with Gasteiger partial charge in [0, 0.05) is 20.8 Å². The van der Waals surface area contributed by atoms with Crippen molar-refractivity contribution in [1.82, 2.24) is 14.5 Å². The van der Waals surface area contributed by atoms with E-state index in [0.717, 1.165) is 11.5 Å². The first-order chi connectivity index (χ1) is 12.2. The minimum atomic E-state index is -1.16. The highest BCUT2D eigenvalue weighted by molar-refractivity contribution is 5.67. The normalized spacial score (nSPS) is 24.8. The van der Waals surface area contributed by atoms with Crippen molar-refractivity contribution < 1.29 is 33.3 Å². The summed E-state index contributed by atoms with van der Waals surface area (Å²) in [5, 5.41) is 0. The van der Waals surface area contributed by atoms with Crippen molar-refractivity contribution in [3.8, 4) is 0 Å². The monoisotopic (exact) mass is 369 g/mol. The number of carbonyl (C=O) groups excluding carboxylic acids is 3. The Morgan fingerprint density at radius 3 is 2.27 bits per heavy atom. The van der Waals surface area contributed by atoms with Gasteiger partial charge in [-0.05, 0) is 6.92 Å². The molecule has 26 heavy (non-hydrogen) atoms. The van der Waals surface area contributed by atoms with E-state index in [1.165, 1.54) is 27.1 Å². The Hall–Kier alpha value is -2.82. The van der Waals surface area contributed by atoms with E-state index < -0.39 is 48.1 Å². The molecule has 4 atom stereocenters. The van der Waals surface area contributed by atoms with Gasteiger partial charge in [-0.2, -0.15) is 4.98 Å². The molecule has 0 spiro atoms. The summed E-state index contributed by atoms with van der Waals surface area (Å²) in [6.45, 7) is 4.81. The number of hydrogen-bond donors (Lipinski definition) is 0. The van der Waals surface area contributed by atoms with Gasteiger partial charge in [0.05, 0.1) is 0 Å². The molecule has 1 saturated heterocycles. The number of hydrogen-bond acceptors (Lipinski definition) is 10. The molecule has 1 aromatic heterocycles. The van der Waals surface area contributed by atoms with Crippen LogP contribution in [-0.2, 0) is 33.3 Å². The highest BCUT2D eigenvalue weighted by Gasteiger charge is 2.51. The van der Waals surface area contributed by atoms with E-state index in [0.29, 0.717) is 0 Å². The van der Waals surface area contributed by atoms with Crippen molar-refractivity contribution >= 4 is 17.9 Å². The molecule has 0 amide bonds. The lowest BCUT2D eigenvalue weighted by Crippen LogP contribution is -2.42. The summed E-state index contributed by atoms with van der Waals surface area (Å²) in [6.07, 6.45) is -3.16. The predicted molar refractivity (Wildman–Crippen MR) is 82.7 cm³/mol. The number of esters is 3. The first kappa shape index (κ1) is 19.5. The van der Waals surface area contributed by atoms with E-state index in [-0.39, 0.29) is 12.4 Å². The van der Waals surface area contributed by atoms with E-state index in [1.54, 1.807) is 0 Å². The Morgan fingerprint density at radius 2 is 1.73 bits per heavy atom. The largest absolute Gasteiger partial charge is 0.463 e. The number of aromatic nitrogens is 3. The van der Waals surface area contributed by atoms with Gasteiger partial charge in [-0.25, -0.2) is 9.78 Å². The fourth-order valence-corrected chi connectivity index (χ4v) is 2.51. The first-order valence-corrected chi connectivity index (χ1v) is 7.74. The summed E-state index contributed by atoms with van der Waals surface area (Å²) < 4.78 is 22.0. The molecule has 11 heteroatoms. The predicted octanol–water partition coefficient (Wildman–Crippen LogP) is -0.729. The van der Waals surface area contributed by atoms with Gasteiger partial charge < -0.3 is 18.9 Å². The van der Waals surface area contributed by atoms with E-state index in [1.807, 2.05) is 0 Å². The Labute approximate surface area is 148 Å². The van der Waals surface area contributed by atoms with Crippen LogP contribution in [0, 0.1) is 6.92 Å². The zero-order chi connectivity index (χ0) is 19.4. The highest BCUT2D eigenvalue weighted by atomic mass is 16.7. The Bertz CT molecular complexity index is 762. The van der Waals surface area contributed by atoms with Gasteiger partial charge >= 0.3 is 23.6 Å². The van der Waals surface area contributed by atoms with Gasteiger partial charge in [0.15, 0.2) is 18.4 Å². The van der Waals surface area contributed by atoms with Gasteiger partial charge in [0.25, 0.3) is 0 Å². The van der Waals surface area contributed by atoms with Crippen molar-refractivity contribution in [2.24, 2.45) is 0 Å². The molecule has 1 aliphatic heterocycles. The topological polar surface area (TPSA) is 136 Å². The Balaban J connectivity index is 2.40. The fourth-order valence-electron chi connectivity index (χ4n) is 2.51. The van der Waals surface area contributed by atoms with Crippen LogP contribution >= 0.6 is 0 Å². The van der Waals surface area contributed by atoms with Crippen LogP contribution in [0.15, 0.2) is 11.1 Å². The van der Waals surface area contributed by atoms with E-state index in [2.05, 4.69) is 9.97 Å². The third kappa shape index (κ3) is 4.63. The molecular weight excluding hydrogens is 350 g/mol. The Morgan fingerprint density at radius 1 is 1.12 bits per heavy atom. The molecule has 142 valence electrons. The molecule has 0 N–H and O–H groups in total. The molecule has 2 rings (SSSR count). The average Bonchev–Trinajstić information content (AvgIpc) is 2.82. The van der Waals surface area contributed by atoms with E-state index in [9.17, 15) is 19.2 Å². The van der Waals surface area contributed by atoms with Crippen LogP contribution < -0.4 is 5.69 Å². The maximum Gasteiger partial charge on any atom is 0.352 e. The summed E-state index contributed by atoms with van der Waals surface area (Å²) in [4.78, 5) is 53.8. The second-order valence-corrected chi connectivity index (χ2v) is 5.61. The first-order valence-electron chi connectivity index (χ1n) is 7.74. The zero-order valence-corrected chi connectivity index (χ0v) is 14.7. The fraction of sp³-hybridized carbons (Fsp3) is 0.600. The Kier molecular flexibility index (Phi) is 6.03. The van der Waals surface area contributed by atoms with E-state index in [4.69, 9.17) is 18.9 Å². The SMILES string of the molecule is CC(=O)OCC1OC(n2cnc(C)nc2=O)C(OC(C)=O)C1OC(C)=O. The molecule has 11 nitrogen and oxygen atoms in total. The zero-order valence-electron chi connectivity index (χ0n) is 14.7. The molecule has 1 aliphatic rings. The molecule has 1 aromatic rings. The molecule has 4 unspecified atom stereocenters. The maximum atomic E-state index is 12.2. The van der Waals surface area contributed by atoms with Crippen LogP contribution in [-0.4, -0.2) is 57.4 Å². The van der Waals surface area contributed by atoms with Crippen LogP contribution in [0.25, 0.3) is 0 Å². The molecule has 0 aliphatic carbocycles. The van der Waals surface area contributed by atoms with Gasteiger partial charge in [-0.15, -0.1) is 0 Å². The quantitative estimate of drug-likeness (QED) is 0.482. The second kappa shape index (κ2) is 8.04. The lowest BCUT2D eigenvalue weighted by Gasteiger charge is -2.23. The van der Waals surface area contributed by atoms with Crippen molar-refractivity contribution in [2.45, 2.75) is 52.2 Å². The molecule has 0 aromatic carbocycles. The maximum absolute atomic E-state index is 12.2.